The van der Waals surface area contributed by atoms with Crippen molar-refractivity contribution in [3.63, 3.8) is 0 Å². The Balaban J connectivity index is 2.23. The lowest BCUT2D eigenvalue weighted by molar-refractivity contribution is -0.120. The van der Waals surface area contributed by atoms with Gasteiger partial charge in [0.15, 0.2) is 0 Å². The number of carbonyl (C=O) groups excluding carboxylic acids is 2. The minimum atomic E-state index is -1.24. The summed E-state index contributed by atoms with van der Waals surface area (Å²) in [5.74, 6) is -2.08. The maximum atomic E-state index is 14.0. The van der Waals surface area contributed by atoms with E-state index in [1.165, 1.54) is 12.1 Å². The Morgan fingerprint density at radius 1 is 1.48 bits per heavy atom. The number of amides is 1. The van der Waals surface area contributed by atoms with Crippen molar-refractivity contribution >= 4 is 19.0 Å². The Labute approximate surface area is 134 Å². The number of benzene rings is 1. The highest BCUT2D eigenvalue weighted by molar-refractivity contribution is 6.46. The van der Waals surface area contributed by atoms with Gasteiger partial charge in [-0.15, -0.1) is 0 Å². The molecule has 0 radical (unpaired) electrons. The second kappa shape index (κ2) is 7.46. The lowest BCUT2D eigenvalue weighted by Gasteiger charge is -2.28. The van der Waals surface area contributed by atoms with E-state index in [2.05, 4.69) is 5.32 Å². The summed E-state index contributed by atoms with van der Waals surface area (Å²) in [5, 5.41) is 12.8. The summed E-state index contributed by atoms with van der Waals surface area (Å²) in [4.78, 5) is 23.2. The molecule has 23 heavy (non-hydrogen) atoms. The van der Waals surface area contributed by atoms with E-state index in [0.29, 0.717) is 18.4 Å². The third-order valence-electron chi connectivity index (χ3n) is 3.67. The second-order valence-corrected chi connectivity index (χ2v) is 5.26. The van der Waals surface area contributed by atoms with Crippen LogP contribution in [0.25, 0.3) is 0 Å². The lowest BCUT2D eigenvalue weighted by Crippen LogP contribution is -2.41. The van der Waals surface area contributed by atoms with Crippen LogP contribution in [0, 0.1) is 5.82 Å². The first-order chi connectivity index (χ1) is 11.0. The number of carbonyl (C=O) groups is 2. The van der Waals surface area contributed by atoms with Gasteiger partial charge in [-0.1, -0.05) is 13.0 Å². The van der Waals surface area contributed by atoms with Gasteiger partial charge in [-0.2, -0.15) is 0 Å². The van der Waals surface area contributed by atoms with Gasteiger partial charge in [-0.25, -0.2) is 9.18 Å². The van der Waals surface area contributed by atoms with E-state index in [9.17, 15) is 19.0 Å². The van der Waals surface area contributed by atoms with Crippen LogP contribution < -0.4 is 9.97 Å². The number of esters is 1. The fraction of sp³-hybridized carbons (Fsp3) is 0.467. The van der Waals surface area contributed by atoms with Crippen LogP contribution in [0.2, 0.25) is 5.82 Å². The van der Waals surface area contributed by atoms with Gasteiger partial charge in [0, 0.05) is 18.8 Å². The Kier molecular flexibility index (Phi) is 5.60. The highest BCUT2D eigenvalue weighted by atomic mass is 19.1. The number of fused-ring (bicyclic) bond motifs is 1. The molecule has 1 amide bonds. The molecule has 1 aliphatic heterocycles. The molecule has 1 aromatic carbocycles. The maximum Gasteiger partial charge on any atom is 0.528 e. The molecule has 0 fully saturated rings. The van der Waals surface area contributed by atoms with Gasteiger partial charge >= 0.3 is 13.1 Å². The van der Waals surface area contributed by atoms with Gasteiger partial charge in [0.05, 0.1) is 6.61 Å². The Morgan fingerprint density at radius 2 is 2.22 bits per heavy atom. The molecular formula is C15H19BFNO5. The summed E-state index contributed by atoms with van der Waals surface area (Å²) < 4.78 is 24.1. The molecule has 2 rings (SSSR count). The van der Waals surface area contributed by atoms with Crippen LogP contribution in [0.3, 0.4) is 0 Å². The van der Waals surface area contributed by atoms with E-state index in [1.807, 2.05) is 0 Å². The molecule has 0 aromatic heterocycles. The first kappa shape index (κ1) is 17.3. The molecule has 0 bridgehead atoms. The third-order valence-corrected chi connectivity index (χ3v) is 3.67. The number of rotatable bonds is 5. The highest BCUT2D eigenvalue weighted by Crippen LogP contribution is 2.36. The average molecular weight is 323 g/mol. The average Bonchev–Trinajstić information content (AvgIpc) is 2.52. The molecule has 8 heteroatoms. The van der Waals surface area contributed by atoms with E-state index in [4.69, 9.17) is 9.39 Å². The van der Waals surface area contributed by atoms with Crippen LogP contribution in [0.15, 0.2) is 12.1 Å². The van der Waals surface area contributed by atoms with E-state index < -0.39 is 18.9 Å². The van der Waals surface area contributed by atoms with Crippen molar-refractivity contribution in [2.45, 2.75) is 32.5 Å². The number of hydrogen-bond donors (Lipinski definition) is 2. The SMILES string of the molecule is CCOC(=O)c1c(F)ccc2c1OB(O)[C@@H](CNC(=O)CC)C2. The van der Waals surface area contributed by atoms with Gasteiger partial charge in [0.2, 0.25) is 5.91 Å². The molecule has 1 aliphatic rings. The summed E-state index contributed by atoms with van der Waals surface area (Å²) in [5.41, 5.74) is 0.287. The van der Waals surface area contributed by atoms with E-state index in [1.54, 1.807) is 13.8 Å². The highest BCUT2D eigenvalue weighted by Gasteiger charge is 2.38. The summed E-state index contributed by atoms with van der Waals surface area (Å²) in [6.07, 6.45) is 0.700. The molecule has 0 saturated heterocycles. The molecule has 2 N–H and O–H groups in total. The molecule has 0 unspecified atom stereocenters. The van der Waals surface area contributed by atoms with Crippen LogP contribution in [0.4, 0.5) is 4.39 Å². The Hall–Kier alpha value is -2.09. The minimum absolute atomic E-state index is 0.00835. The van der Waals surface area contributed by atoms with Gasteiger partial charge in [-0.3, -0.25) is 4.79 Å². The zero-order chi connectivity index (χ0) is 17.0. The normalized spacial score (nSPS) is 16.3. The Bertz CT molecular complexity index is 610. The first-order valence-corrected chi connectivity index (χ1v) is 7.57. The van der Waals surface area contributed by atoms with Crippen molar-refractivity contribution < 1.29 is 28.4 Å². The van der Waals surface area contributed by atoms with Crippen LogP contribution in [-0.4, -0.2) is 37.2 Å². The van der Waals surface area contributed by atoms with Gasteiger partial charge in [0.25, 0.3) is 0 Å². The molecule has 0 spiro atoms. The van der Waals surface area contributed by atoms with Crippen molar-refractivity contribution in [1.82, 2.24) is 5.32 Å². The predicted molar refractivity (Wildman–Crippen MR) is 81.7 cm³/mol. The molecule has 1 atom stereocenters. The topological polar surface area (TPSA) is 84.9 Å². The van der Waals surface area contributed by atoms with Crippen molar-refractivity contribution in [3.8, 4) is 5.75 Å². The zero-order valence-corrected chi connectivity index (χ0v) is 13.1. The van der Waals surface area contributed by atoms with Crippen molar-refractivity contribution in [1.29, 1.82) is 0 Å². The predicted octanol–water partition coefficient (Wildman–Crippen LogP) is 1.31. The van der Waals surface area contributed by atoms with Crippen LogP contribution in [0.1, 0.15) is 36.2 Å². The van der Waals surface area contributed by atoms with Crippen molar-refractivity contribution in [2.24, 2.45) is 0 Å². The largest absolute Gasteiger partial charge is 0.535 e. The van der Waals surface area contributed by atoms with Crippen LogP contribution >= 0.6 is 0 Å². The molecule has 124 valence electrons. The Morgan fingerprint density at radius 3 is 2.87 bits per heavy atom. The lowest BCUT2D eigenvalue weighted by atomic mass is 9.66. The maximum absolute atomic E-state index is 14.0. The van der Waals surface area contributed by atoms with Gasteiger partial charge in [-0.05, 0) is 25.0 Å². The van der Waals surface area contributed by atoms with Crippen molar-refractivity contribution in [3.05, 3.63) is 29.1 Å². The molecule has 1 aromatic rings. The third kappa shape index (κ3) is 3.82. The monoisotopic (exact) mass is 323 g/mol. The fourth-order valence-corrected chi connectivity index (χ4v) is 2.43. The second-order valence-electron chi connectivity index (χ2n) is 5.26. The van der Waals surface area contributed by atoms with E-state index in [-0.39, 0.29) is 36.2 Å². The molecular weight excluding hydrogens is 304 g/mol. The van der Waals surface area contributed by atoms with Crippen LogP contribution in [-0.2, 0) is 16.0 Å². The van der Waals surface area contributed by atoms with E-state index >= 15 is 0 Å². The fourth-order valence-electron chi connectivity index (χ4n) is 2.43. The quantitative estimate of drug-likeness (QED) is 0.630. The van der Waals surface area contributed by atoms with Gasteiger partial charge < -0.3 is 19.7 Å². The molecule has 0 aliphatic carbocycles. The number of nitrogens with one attached hydrogen (secondary N) is 1. The number of ether oxygens (including phenoxy) is 1. The molecule has 1 heterocycles. The smallest absolute Gasteiger partial charge is 0.528 e. The first-order valence-electron chi connectivity index (χ1n) is 7.57. The summed E-state index contributed by atoms with van der Waals surface area (Å²) in [6, 6.07) is 2.68. The number of hydrogen-bond acceptors (Lipinski definition) is 5. The standard InChI is InChI=1S/C15H19BFNO5/c1-3-12(19)18-8-10-7-9-5-6-11(17)13(15(20)22-4-2)14(9)23-16(10)21/h5-6,10,21H,3-4,7-8H2,1-2H3,(H,18,19)/t10-/m1/s1. The van der Waals surface area contributed by atoms with Crippen LogP contribution in [0.5, 0.6) is 5.75 Å². The van der Waals surface area contributed by atoms with Gasteiger partial charge in [0.1, 0.15) is 17.1 Å². The summed E-state index contributed by atoms with van der Waals surface area (Å²) in [7, 11) is -1.24. The molecule has 0 saturated carbocycles. The summed E-state index contributed by atoms with van der Waals surface area (Å²) >= 11 is 0. The number of halogens is 1. The van der Waals surface area contributed by atoms with E-state index in [0.717, 1.165) is 0 Å². The van der Waals surface area contributed by atoms with Crippen molar-refractivity contribution in [2.75, 3.05) is 13.2 Å². The zero-order valence-electron chi connectivity index (χ0n) is 13.1. The molecule has 6 nitrogen and oxygen atoms in total. The summed E-state index contributed by atoms with van der Waals surface area (Å²) in [6.45, 7) is 3.69. The minimum Gasteiger partial charge on any atom is -0.535 e.